The molecule has 0 spiro atoms. The highest BCUT2D eigenvalue weighted by atomic mass is 19.1. The summed E-state index contributed by atoms with van der Waals surface area (Å²) in [5, 5.41) is 0. The Morgan fingerprint density at radius 3 is 1.36 bits per heavy atom. The monoisotopic (exact) mass is 458 g/mol. The maximum Gasteiger partial charge on any atom is 0.248 e. The Morgan fingerprint density at radius 2 is 1.00 bits per heavy atom. The molecule has 2 aromatic rings. The summed E-state index contributed by atoms with van der Waals surface area (Å²) in [4.78, 5) is 32.1. The van der Waals surface area contributed by atoms with Crippen molar-refractivity contribution in [2.24, 2.45) is 0 Å². The second-order valence-electron chi connectivity index (χ2n) is 8.13. The molecule has 176 valence electrons. The van der Waals surface area contributed by atoms with E-state index < -0.39 is 0 Å². The first kappa shape index (κ1) is 23.0. The molecule has 2 amide bonds. The number of nitrogens with zero attached hydrogens (tertiary/aromatic N) is 4. The van der Waals surface area contributed by atoms with Crippen molar-refractivity contribution in [3.63, 3.8) is 0 Å². The third kappa shape index (κ3) is 5.60. The Kier molecular flexibility index (Phi) is 7.39. The number of hydrogen-bond donors (Lipinski definition) is 0. The smallest absolute Gasteiger partial charge is 0.248 e. The van der Waals surface area contributed by atoms with Gasteiger partial charge in [-0.15, -0.1) is 0 Å². The third-order valence-electron chi connectivity index (χ3n) is 6.10. The Labute approximate surface area is 192 Å². The van der Waals surface area contributed by atoms with Gasteiger partial charge < -0.3 is 24.3 Å². The molecule has 0 bridgehead atoms. The molecule has 0 atom stereocenters. The van der Waals surface area contributed by atoms with Crippen LogP contribution in [0.5, 0.6) is 0 Å². The predicted octanol–water partition coefficient (Wildman–Crippen LogP) is 1.98. The molecule has 33 heavy (non-hydrogen) atoms. The van der Waals surface area contributed by atoms with Crippen molar-refractivity contribution in [2.45, 2.75) is 0 Å². The summed E-state index contributed by atoms with van der Waals surface area (Å²) in [6.07, 6.45) is 0. The predicted molar refractivity (Wildman–Crippen MR) is 121 cm³/mol. The first-order valence-corrected chi connectivity index (χ1v) is 11.1. The number of amides is 2. The van der Waals surface area contributed by atoms with Gasteiger partial charge in [0.2, 0.25) is 11.8 Å². The number of ether oxygens (including phenoxy) is 1. The Hall–Kier alpha value is -3.20. The van der Waals surface area contributed by atoms with Gasteiger partial charge in [0.1, 0.15) is 24.8 Å². The van der Waals surface area contributed by atoms with Crippen LogP contribution in [-0.4, -0.2) is 87.2 Å². The molecule has 9 heteroatoms. The van der Waals surface area contributed by atoms with Gasteiger partial charge in [0.15, 0.2) is 0 Å². The van der Waals surface area contributed by atoms with E-state index in [1.807, 2.05) is 9.80 Å². The molecular weight excluding hydrogens is 430 g/mol. The van der Waals surface area contributed by atoms with Crippen LogP contribution in [0, 0.1) is 11.6 Å². The van der Waals surface area contributed by atoms with E-state index in [9.17, 15) is 18.4 Å². The molecule has 4 rings (SSSR count). The fourth-order valence-corrected chi connectivity index (χ4v) is 4.22. The van der Waals surface area contributed by atoms with E-state index in [-0.39, 0.29) is 36.7 Å². The third-order valence-corrected chi connectivity index (χ3v) is 6.10. The molecule has 0 saturated carbocycles. The van der Waals surface area contributed by atoms with Crippen LogP contribution in [0.2, 0.25) is 0 Å². The molecule has 0 unspecified atom stereocenters. The van der Waals surface area contributed by atoms with Crippen molar-refractivity contribution in [1.82, 2.24) is 9.80 Å². The molecule has 2 fully saturated rings. The molecule has 2 saturated heterocycles. The molecule has 0 aromatic heterocycles. The summed E-state index contributed by atoms with van der Waals surface area (Å²) in [5.41, 5.74) is 1.09. The van der Waals surface area contributed by atoms with Crippen LogP contribution in [0.25, 0.3) is 0 Å². The van der Waals surface area contributed by atoms with Crippen molar-refractivity contribution in [1.29, 1.82) is 0 Å². The lowest BCUT2D eigenvalue weighted by atomic mass is 10.2. The average Bonchev–Trinajstić information content (AvgIpc) is 2.85. The van der Waals surface area contributed by atoms with Gasteiger partial charge in [0.25, 0.3) is 0 Å². The number of benzene rings is 2. The summed E-state index contributed by atoms with van der Waals surface area (Å²) < 4.78 is 33.3. The second-order valence-corrected chi connectivity index (χ2v) is 8.13. The summed E-state index contributed by atoms with van der Waals surface area (Å²) in [6, 6.07) is 13.2. The zero-order valence-corrected chi connectivity index (χ0v) is 18.5. The zero-order valence-electron chi connectivity index (χ0n) is 18.5. The van der Waals surface area contributed by atoms with Gasteiger partial charge in [-0.2, -0.15) is 0 Å². The standard InChI is InChI=1S/C24H28F2N4O3/c25-19-5-1-3-7-21(19)27-9-13-29(14-10-27)23(31)17-33-18-24(32)30-15-11-28(12-16-30)22-8-4-2-6-20(22)26/h1-8H,9-18H2. The lowest BCUT2D eigenvalue weighted by Gasteiger charge is -2.36. The minimum Gasteiger partial charge on any atom is -0.366 e. The van der Waals surface area contributed by atoms with E-state index in [0.717, 1.165) is 0 Å². The van der Waals surface area contributed by atoms with Crippen LogP contribution in [0.1, 0.15) is 0 Å². The van der Waals surface area contributed by atoms with E-state index in [0.29, 0.717) is 63.7 Å². The molecule has 0 N–H and O–H groups in total. The molecule has 2 aliphatic rings. The van der Waals surface area contributed by atoms with Crippen LogP contribution < -0.4 is 9.80 Å². The number of rotatable bonds is 6. The molecule has 7 nitrogen and oxygen atoms in total. The largest absolute Gasteiger partial charge is 0.366 e. The van der Waals surface area contributed by atoms with E-state index in [1.165, 1.54) is 12.1 Å². The Morgan fingerprint density at radius 1 is 0.636 bits per heavy atom. The highest BCUT2D eigenvalue weighted by Gasteiger charge is 2.25. The highest BCUT2D eigenvalue weighted by molar-refractivity contribution is 5.80. The van der Waals surface area contributed by atoms with Crippen LogP contribution >= 0.6 is 0 Å². The second kappa shape index (κ2) is 10.6. The van der Waals surface area contributed by atoms with Gasteiger partial charge in [0, 0.05) is 52.4 Å². The molecule has 2 aliphatic heterocycles. The lowest BCUT2D eigenvalue weighted by Crippen LogP contribution is -2.51. The van der Waals surface area contributed by atoms with E-state index >= 15 is 0 Å². The summed E-state index contributed by atoms with van der Waals surface area (Å²) >= 11 is 0. The first-order chi connectivity index (χ1) is 16.0. The number of carbonyl (C=O) groups is 2. The number of anilines is 2. The SMILES string of the molecule is O=C(COCC(=O)N1CCN(c2ccccc2F)CC1)N1CCN(c2ccccc2F)CC1. The molecular formula is C24H28F2N4O3. The Balaban J connectivity index is 1.16. The number of para-hydroxylation sites is 2. The van der Waals surface area contributed by atoms with Crippen molar-refractivity contribution in [3.05, 3.63) is 60.2 Å². The van der Waals surface area contributed by atoms with Gasteiger partial charge in [0.05, 0.1) is 11.4 Å². The van der Waals surface area contributed by atoms with Crippen LogP contribution in [-0.2, 0) is 14.3 Å². The van der Waals surface area contributed by atoms with Gasteiger partial charge in [-0.1, -0.05) is 24.3 Å². The van der Waals surface area contributed by atoms with E-state index in [1.54, 1.807) is 46.2 Å². The maximum absolute atomic E-state index is 14.0. The zero-order chi connectivity index (χ0) is 23.2. The fourth-order valence-electron chi connectivity index (χ4n) is 4.22. The lowest BCUT2D eigenvalue weighted by molar-refractivity contribution is -0.142. The summed E-state index contributed by atoms with van der Waals surface area (Å²) in [5.74, 6) is -0.900. The minimum absolute atomic E-state index is 0.166. The number of piperazine rings is 2. The topological polar surface area (TPSA) is 56.3 Å². The average molecular weight is 459 g/mol. The quantitative estimate of drug-likeness (QED) is 0.663. The van der Waals surface area contributed by atoms with Crippen molar-refractivity contribution in [2.75, 3.05) is 75.4 Å². The number of carbonyl (C=O) groups excluding carboxylic acids is 2. The van der Waals surface area contributed by atoms with Crippen molar-refractivity contribution < 1.29 is 23.1 Å². The first-order valence-electron chi connectivity index (χ1n) is 11.1. The van der Waals surface area contributed by atoms with Crippen LogP contribution in [0.15, 0.2) is 48.5 Å². The van der Waals surface area contributed by atoms with Gasteiger partial charge >= 0.3 is 0 Å². The van der Waals surface area contributed by atoms with Crippen LogP contribution in [0.4, 0.5) is 20.2 Å². The van der Waals surface area contributed by atoms with Crippen LogP contribution in [0.3, 0.4) is 0 Å². The van der Waals surface area contributed by atoms with E-state index in [4.69, 9.17) is 4.74 Å². The summed E-state index contributed by atoms with van der Waals surface area (Å²) in [6.45, 7) is 3.72. The number of halogens is 2. The normalized spacial score (nSPS) is 16.8. The number of hydrogen-bond acceptors (Lipinski definition) is 5. The van der Waals surface area contributed by atoms with Crippen molar-refractivity contribution in [3.8, 4) is 0 Å². The fraction of sp³-hybridized carbons (Fsp3) is 0.417. The Bertz CT molecular complexity index is 896. The molecule has 2 aromatic carbocycles. The minimum atomic E-state index is -0.270. The summed E-state index contributed by atoms with van der Waals surface area (Å²) in [7, 11) is 0. The van der Waals surface area contributed by atoms with Gasteiger partial charge in [-0.25, -0.2) is 8.78 Å². The molecule has 0 aliphatic carbocycles. The van der Waals surface area contributed by atoms with Gasteiger partial charge in [-0.05, 0) is 24.3 Å². The maximum atomic E-state index is 14.0. The highest BCUT2D eigenvalue weighted by Crippen LogP contribution is 2.21. The molecule has 2 heterocycles. The molecule has 0 radical (unpaired) electrons. The van der Waals surface area contributed by atoms with Gasteiger partial charge in [-0.3, -0.25) is 9.59 Å². The van der Waals surface area contributed by atoms with E-state index in [2.05, 4.69) is 0 Å². The van der Waals surface area contributed by atoms with Crippen molar-refractivity contribution >= 4 is 23.2 Å².